The van der Waals surface area contributed by atoms with Crippen LogP contribution < -0.4 is 20.7 Å². The van der Waals surface area contributed by atoms with Crippen LogP contribution in [0.4, 0.5) is 0 Å². The summed E-state index contributed by atoms with van der Waals surface area (Å²) in [7, 11) is -2.77. The maximum atomic E-state index is 5.31. The van der Waals surface area contributed by atoms with Gasteiger partial charge in [-0.25, -0.2) is 9.97 Å². The Balaban J connectivity index is 1.62. The van der Waals surface area contributed by atoms with Gasteiger partial charge < -0.3 is 0 Å². The predicted octanol–water partition coefficient (Wildman–Crippen LogP) is 5.91. The second-order valence-electron chi connectivity index (χ2n) is 10.7. The van der Waals surface area contributed by atoms with E-state index in [0.717, 1.165) is 29.0 Å². The third-order valence-corrected chi connectivity index (χ3v) is 13.1. The maximum Gasteiger partial charge on any atom is 0.180 e. The summed E-state index contributed by atoms with van der Waals surface area (Å²) in [6.07, 6.45) is 9.50. The number of aromatic nitrogens is 3. The molecule has 198 valence electrons. The Hall–Kier alpha value is -4.80. The van der Waals surface area contributed by atoms with E-state index in [1.807, 2.05) is 12.3 Å². The van der Waals surface area contributed by atoms with E-state index in [0.29, 0.717) is 5.92 Å². The van der Waals surface area contributed by atoms with Crippen molar-refractivity contribution in [3.63, 3.8) is 0 Å². The molecule has 0 aliphatic heterocycles. The molecule has 0 saturated carbocycles. The predicted molar refractivity (Wildman–Crippen MR) is 174 cm³/mol. The first-order valence-electron chi connectivity index (χ1n) is 14.3. The summed E-state index contributed by atoms with van der Waals surface area (Å²) in [4.78, 5) is 10.2. The van der Waals surface area contributed by atoms with Gasteiger partial charge in [0.2, 0.25) is 0 Å². The van der Waals surface area contributed by atoms with Crippen LogP contribution >= 0.6 is 0 Å². The first kappa shape index (κ1) is 25.2. The van der Waals surface area contributed by atoms with Gasteiger partial charge in [-0.1, -0.05) is 134 Å². The molecule has 2 aromatic heterocycles. The van der Waals surface area contributed by atoms with E-state index in [1.165, 1.54) is 26.4 Å². The highest BCUT2D eigenvalue weighted by atomic mass is 28.3. The molecule has 4 aromatic carbocycles. The molecule has 0 N–H and O–H groups in total. The van der Waals surface area contributed by atoms with Crippen LogP contribution in [0.2, 0.25) is 0 Å². The van der Waals surface area contributed by atoms with Gasteiger partial charge in [0.15, 0.2) is 13.7 Å². The largest absolute Gasteiger partial charge is 0.280 e. The van der Waals surface area contributed by atoms with Crippen LogP contribution in [0, 0.1) is 5.92 Å². The second kappa shape index (κ2) is 10.6. The van der Waals surface area contributed by atoms with Gasteiger partial charge in [-0.05, 0) is 45.4 Å². The number of benzene rings is 4. The molecule has 0 radical (unpaired) electrons. The lowest BCUT2D eigenvalue weighted by Gasteiger charge is -2.36. The van der Waals surface area contributed by atoms with Crippen LogP contribution in [0.5, 0.6) is 0 Å². The molecule has 41 heavy (non-hydrogen) atoms. The fourth-order valence-electron chi connectivity index (χ4n) is 6.40. The van der Waals surface area contributed by atoms with E-state index in [2.05, 4.69) is 151 Å². The Morgan fingerprint density at radius 3 is 1.88 bits per heavy atom. The highest BCUT2D eigenvalue weighted by Gasteiger charge is 2.43. The number of hydrogen-bond donors (Lipinski definition) is 0. The van der Waals surface area contributed by atoms with Crippen molar-refractivity contribution in [3.8, 4) is 11.4 Å². The monoisotopic (exact) mass is 545 g/mol. The Morgan fingerprint density at radius 1 is 0.683 bits per heavy atom. The van der Waals surface area contributed by atoms with Gasteiger partial charge in [0.1, 0.15) is 11.3 Å². The molecule has 4 heteroatoms. The van der Waals surface area contributed by atoms with Crippen molar-refractivity contribution in [3.05, 3.63) is 152 Å². The number of allylic oxidation sites excluding steroid dienone is 4. The molecule has 0 amide bonds. The summed E-state index contributed by atoms with van der Waals surface area (Å²) >= 11 is 0. The fraction of sp³-hybridized carbons (Fsp3) is 0.0811. The molecule has 0 spiro atoms. The summed E-state index contributed by atoms with van der Waals surface area (Å²) in [6.45, 7) is 2.29. The lowest BCUT2D eigenvalue weighted by Crippen LogP contribution is -2.75. The van der Waals surface area contributed by atoms with E-state index in [-0.39, 0.29) is 0 Å². The molecule has 1 aliphatic rings. The number of nitrogens with zero attached hydrogens (tertiary/aromatic N) is 3. The molecule has 1 unspecified atom stereocenters. The van der Waals surface area contributed by atoms with Gasteiger partial charge in [0.25, 0.3) is 0 Å². The molecule has 6 aromatic rings. The zero-order valence-corrected chi connectivity index (χ0v) is 24.1. The van der Waals surface area contributed by atoms with Crippen LogP contribution in [-0.2, 0) is 0 Å². The van der Waals surface area contributed by atoms with Crippen molar-refractivity contribution >= 4 is 45.7 Å². The molecule has 0 fully saturated rings. The Bertz CT molecular complexity index is 1780. The SMILES string of the molecule is CC1CC=CC=C1n1c(-c2ccccc2[Si](c2ccccc2)(c2ccccc2)c2ccccc2)nc2cccnc21. The van der Waals surface area contributed by atoms with Crippen molar-refractivity contribution in [1.29, 1.82) is 0 Å². The summed E-state index contributed by atoms with van der Waals surface area (Å²) in [5.74, 6) is 1.30. The van der Waals surface area contributed by atoms with Crippen LogP contribution in [-0.4, -0.2) is 22.6 Å². The highest BCUT2D eigenvalue weighted by Crippen LogP contribution is 2.33. The van der Waals surface area contributed by atoms with Gasteiger partial charge in [-0.15, -0.1) is 0 Å². The number of pyridine rings is 1. The van der Waals surface area contributed by atoms with E-state index >= 15 is 0 Å². The number of imidazole rings is 1. The van der Waals surface area contributed by atoms with E-state index in [9.17, 15) is 0 Å². The molecule has 0 saturated heterocycles. The summed E-state index contributed by atoms with van der Waals surface area (Å²) in [5.41, 5.74) is 4.18. The Morgan fingerprint density at radius 2 is 1.27 bits per heavy atom. The zero-order valence-electron chi connectivity index (χ0n) is 23.1. The quantitative estimate of drug-likeness (QED) is 0.192. The van der Waals surface area contributed by atoms with Crippen molar-refractivity contribution in [2.45, 2.75) is 13.3 Å². The van der Waals surface area contributed by atoms with Crippen LogP contribution in [0.1, 0.15) is 13.3 Å². The maximum absolute atomic E-state index is 5.31. The van der Waals surface area contributed by atoms with Crippen molar-refractivity contribution in [1.82, 2.24) is 14.5 Å². The van der Waals surface area contributed by atoms with E-state index in [1.54, 1.807) is 0 Å². The molecule has 2 heterocycles. The van der Waals surface area contributed by atoms with Gasteiger partial charge in [-0.2, -0.15) is 0 Å². The minimum absolute atomic E-state index is 0.352. The molecule has 7 rings (SSSR count). The molecular formula is C37H31N3Si. The number of rotatable bonds is 6. The fourth-order valence-corrected chi connectivity index (χ4v) is 11.4. The Labute approximate surface area is 242 Å². The van der Waals surface area contributed by atoms with Gasteiger partial charge in [0.05, 0.1) is 0 Å². The normalized spacial score (nSPS) is 15.1. The lowest BCUT2D eigenvalue weighted by atomic mass is 9.98. The molecule has 1 atom stereocenters. The van der Waals surface area contributed by atoms with Gasteiger partial charge in [-0.3, -0.25) is 4.57 Å². The smallest absolute Gasteiger partial charge is 0.180 e. The number of fused-ring (bicyclic) bond motifs is 1. The lowest BCUT2D eigenvalue weighted by molar-refractivity contribution is 0.719. The minimum Gasteiger partial charge on any atom is -0.280 e. The zero-order chi connectivity index (χ0) is 27.6. The average molecular weight is 546 g/mol. The summed E-state index contributed by atoms with van der Waals surface area (Å²) in [6, 6.07) is 46.2. The Kier molecular flexibility index (Phi) is 6.54. The average Bonchev–Trinajstić information content (AvgIpc) is 3.43. The van der Waals surface area contributed by atoms with Crippen LogP contribution in [0.25, 0.3) is 28.2 Å². The minimum atomic E-state index is -2.77. The highest BCUT2D eigenvalue weighted by molar-refractivity contribution is 7.20. The number of hydrogen-bond acceptors (Lipinski definition) is 2. The summed E-state index contributed by atoms with van der Waals surface area (Å²) < 4.78 is 2.31. The molecular weight excluding hydrogens is 515 g/mol. The third-order valence-electron chi connectivity index (χ3n) is 8.26. The van der Waals surface area contributed by atoms with Crippen molar-refractivity contribution in [2.24, 2.45) is 5.92 Å². The van der Waals surface area contributed by atoms with E-state index in [4.69, 9.17) is 9.97 Å². The summed E-state index contributed by atoms with van der Waals surface area (Å²) in [5, 5.41) is 5.36. The van der Waals surface area contributed by atoms with E-state index < -0.39 is 8.07 Å². The van der Waals surface area contributed by atoms with Crippen LogP contribution in [0.15, 0.2) is 152 Å². The van der Waals surface area contributed by atoms with Crippen molar-refractivity contribution in [2.75, 3.05) is 0 Å². The van der Waals surface area contributed by atoms with Crippen LogP contribution in [0.3, 0.4) is 0 Å². The molecule has 3 nitrogen and oxygen atoms in total. The standard InChI is InChI=1S/C37H31N3Si/c1-28-16-11-13-25-34(28)40-36(39-33-24-15-27-38-37(33)40)32-23-12-14-26-35(32)41(29-17-5-2-6-18-29,30-19-7-3-8-20-30)31-21-9-4-10-22-31/h2-15,17-28H,16H2,1H3. The topological polar surface area (TPSA) is 30.7 Å². The second-order valence-corrected chi connectivity index (χ2v) is 14.4. The van der Waals surface area contributed by atoms with Gasteiger partial charge >= 0.3 is 0 Å². The first-order valence-corrected chi connectivity index (χ1v) is 16.3. The molecule has 1 aliphatic carbocycles. The van der Waals surface area contributed by atoms with Gasteiger partial charge in [0, 0.05) is 23.4 Å². The van der Waals surface area contributed by atoms with Crippen molar-refractivity contribution < 1.29 is 0 Å². The third kappa shape index (κ3) is 4.19. The first-order chi connectivity index (χ1) is 20.3. The molecule has 0 bridgehead atoms.